The van der Waals surface area contributed by atoms with Crippen LogP contribution in [0.3, 0.4) is 0 Å². The first-order valence-corrected chi connectivity index (χ1v) is 10.6. The summed E-state index contributed by atoms with van der Waals surface area (Å²) < 4.78 is 8.68. The number of nitrogens with one attached hydrogen (secondary N) is 1. The van der Waals surface area contributed by atoms with E-state index in [2.05, 4.69) is 25.7 Å². The molecule has 1 aromatic carbocycles. The quantitative estimate of drug-likeness (QED) is 0.387. The maximum atomic E-state index is 12.7. The van der Waals surface area contributed by atoms with Crippen molar-refractivity contribution in [2.75, 3.05) is 6.61 Å². The zero-order valence-electron chi connectivity index (χ0n) is 18.6. The zero-order valence-corrected chi connectivity index (χ0v) is 18.6. The second-order valence-electron chi connectivity index (χ2n) is 7.52. The lowest BCUT2D eigenvalue weighted by molar-refractivity contribution is -0.139. The predicted octanol–water partition coefficient (Wildman–Crippen LogP) is 2.17. The molecule has 11 nitrogen and oxygen atoms in total. The van der Waals surface area contributed by atoms with Gasteiger partial charge in [0.1, 0.15) is 17.1 Å². The van der Waals surface area contributed by atoms with Gasteiger partial charge in [0.2, 0.25) is 0 Å². The summed E-state index contributed by atoms with van der Waals surface area (Å²) in [6.45, 7) is 4.79. The number of hydrogen-bond donors (Lipinski definition) is 2. The first kappa shape index (κ1) is 22.6. The first-order valence-electron chi connectivity index (χ1n) is 10.6. The van der Waals surface area contributed by atoms with Crippen molar-refractivity contribution in [3.8, 4) is 11.4 Å². The molecule has 34 heavy (non-hydrogen) atoms. The topological polar surface area (TPSA) is 137 Å². The Bertz CT molecular complexity index is 1280. The molecule has 0 aliphatic rings. The Hall–Kier alpha value is -4.54. The molecular formula is C23H23N7O4. The molecule has 0 radical (unpaired) electrons. The summed E-state index contributed by atoms with van der Waals surface area (Å²) in [7, 11) is 0. The molecule has 3 aromatic heterocycles. The molecule has 4 rings (SSSR count). The molecule has 0 fully saturated rings. The third kappa shape index (κ3) is 5.26. The number of aryl methyl sites for hydroxylation is 1. The molecule has 0 saturated heterocycles. The highest BCUT2D eigenvalue weighted by atomic mass is 16.5. The fourth-order valence-electron chi connectivity index (χ4n) is 3.29. The maximum Gasteiger partial charge on any atom is 0.330 e. The highest BCUT2D eigenvalue weighted by molar-refractivity contribution is 5.95. The Morgan fingerprint density at radius 2 is 1.91 bits per heavy atom. The Morgan fingerprint density at radius 3 is 2.53 bits per heavy atom. The van der Waals surface area contributed by atoms with E-state index in [1.165, 1.54) is 12.3 Å². The van der Waals surface area contributed by atoms with Gasteiger partial charge in [0.05, 0.1) is 37.4 Å². The number of carboxylic acids is 1. The van der Waals surface area contributed by atoms with Gasteiger partial charge in [-0.05, 0) is 49.2 Å². The second-order valence-corrected chi connectivity index (χ2v) is 7.52. The first-order chi connectivity index (χ1) is 16.4. The predicted molar refractivity (Wildman–Crippen MR) is 121 cm³/mol. The Kier molecular flexibility index (Phi) is 6.62. The van der Waals surface area contributed by atoms with E-state index in [1.54, 1.807) is 52.1 Å². The Morgan fingerprint density at radius 1 is 1.12 bits per heavy atom. The number of rotatable bonds is 9. The highest BCUT2D eigenvalue weighted by Crippen LogP contribution is 2.19. The average molecular weight is 461 g/mol. The molecular weight excluding hydrogens is 438 g/mol. The van der Waals surface area contributed by atoms with Gasteiger partial charge in [0.15, 0.2) is 6.04 Å². The lowest BCUT2D eigenvalue weighted by Gasteiger charge is -2.15. The van der Waals surface area contributed by atoms with Crippen LogP contribution in [0.4, 0.5) is 0 Å². The summed E-state index contributed by atoms with van der Waals surface area (Å²) in [6.07, 6.45) is 6.90. The molecule has 2 N–H and O–H groups in total. The third-order valence-electron chi connectivity index (χ3n) is 4.92. The van der Waals surface area contributed by atoms with Crippen molar-refractivity contribution in [3.63, 3.8) is 0 Å². The molecule has 11 heteroatoms. The summed E-state index contributed by atoms with van der Waals surface area (Å²) in [6, 6.07) is 8.46. The average Bonchev–Trinajstić information content (AvgIpc) is 3.47. The molecule has 174 valence electrons. The molecule has 1 amide bonds. The van der Waals surface area contributed by atoms with Crippen molar-refractivity contribution in [1.29, 1.82) is 0 Å². The van der Waals surface area contributed by atoms with E-state index in [4.69, 9.17) is 4.74 Å². The zero-order chi connectivity index (χ0) is 24.1. The number of carbonyl (C=O) groups excluding carboxylic acids is 1. The van der Waals surface area contributed by atoms with Gasteiger partial charge >= 0.3 is 5.97 Å². The van der Waals surface area contributed by atoms with Crippen molar-refractivity contribution in [2.45, 2.75) is 26.4 Å². The minimum absolute atomic E-state index is 0.0771. The molecule has 1 unspecified atom stereocenters. The lowest BCUT2D eigenvalue weighted by Crippen LogP contribution is -2.34. The van der Waals surface area contributed by atoms with Crippen molar-refractivity contribution in [3.05, 3.63) is 83.7 Å². The van der Waals surface area contributed by atoms with E-state index in [1.807, 2.05) is 20.0 Å². The van der Waals surface area contributed by atoms with E-state index in [0.29, 0.717) is 35.8 Å². The van der Waals surface area contributed by atoms with Crippen LogP contribution in [-0.4, -0.2) is 53.3 Å². The minimum atomic E-state index is -1.23. The number of ether oxygens (including phenoxy) is 1. The number of carbonyl (C=O) groups is 2. The largest absolute Gasteiger partial charge is 0.494 e. The minimum Gasteiger partial charge on any atom is -0.494 e. The molecule has 0 aliphatic heterocycles. The smallest absolute Gasteiger partial charge is 0.330 e. The van der Waals surface area contributed by atoms with Gasteiger partial charge in [-0.25, -0.2) is 14.5 Å². The fourth-order valence-corrected chi connectivity index (χ4v) is 3.29. The Labute approximate surface area is 195 Å². The lowest BCUT2D eigenvalue weighted by atomic mass is 10.1. The molecule has 3 heterocycles. The number of aromatic nitrogens is 6. The summed E-state index contributed by atoms with van der Waals surface area (Å²) >= 11 is 0. The number of nitrogens with zero attached hydrogens (tertiary/aromatic N) is 6. The van der Waals surface area contributed by atoms with Gasteiger partial charge < -0.3 is 15.2 Å². The molecule has 0 bridgehead atoms. The van der Waals surface area contributed by atoms with E-state index < -0.39 is 17.9 Å². The Balaban J connectivity index is 1.43. The number of benzene rings is 1. The van der Waals surface area contributed by atoms with Crippen LogP contribution in [0.1, 0.15) is 40.3 Å². The van der Waals surface area contributed by atoms with Crippen molar-refractivity contribution in [2.24, 2.45) is 0 Å². The molecule has 1 atom stereocenters. The van der Waals surface area contributed by atoms with Gasteiger partial charge in [-0.3, -0.25) is 9.48 Å². The van der Waals surface area contributed by atoms with Crippen LogP contribution in [0.15, 0.2) is 61.2 Å². The van der Waals surface area contributed by atoms with Crippen LogP contribution in [-0.2, 0) is 11.3 Å². The maximum absolute atomic E-state index is 12.7. The number of aliphatic carboxylic acids is 1. The fraction of sp³-hybridized carbons (Fsp3) is 0.217. The van der Waals surface area contributed by atoms with Gasteiger partial charge in [0, 0.05) is 6.20 Å². The second kappa shape index (κ2) is 9.94. The van der Waals surface area contributed by atoms with E-state index in [9.17, 15) is 14.7 Å². The SMILES string of the molecule is CCOc1ccc(C(NC(=O)c2ccc(-n3cc(Cn4cc(C)cn4)nn3)cn2)C(=O)O)cc1. The van der Waals surface area contributed by atoms with Crippen LogP contribution in [0.5, 0.6) is 5.75 Å². The van der Waals surface area contributed by atoms with Crippen LogP contribution in [0.25, 0.3) is 5.69 Å². The number of amides is 1. The molecule has 4 aromatic rings. The molecule has 0 saturated carbocycles. The van der Waals surface area contributed by atoms with Gasteiger partial charge in [-0.15, -0.1) is 5.10 Å². The normalized spacial score (nSPS) is 11.7. The van der Waals surface area contributed by atoms with Crippen LogP contribution in [0, 0.1) is 6.92 Å². The highest BCUT2D eigenvalue weighted by Gasteiger charge is 2.23. The van der Waals surface area contributed by atoms with Crippen LogP contribution < -0.4 is 10.1 Å². The van der Waals surface area contributed by atoms with Gasteiger partial charge in [-0.1, -0.05) is 17.3 Å². The molecule has 0 aliphatic carbocycles. The summed E-state index contributed by atoms with van der Waals surface area (Å²) in [5.74, 6) is -1.17. The van der Waals surface area contributed by atoms with E-state index in [0.717, 1.165) is 5.56 Å². The standard InChI is InChI=1S/C23H23N7O4/c1-3-34-19-7-4-16(5-8-19)21(23(32)33)26-22(31)20-9-6-18(11-24-20)30-14-17(27-28-30)13-29-12-15(2)10-25-29/h4-12,14,21H,3,13H2,1-2H3,(H,26,31)(H,32,33). The summed E-state index contributed by atoms with van der Waals surface area (Å²) in [4.78, 5) is 28.6. The van der Waals surface area contributed by atoms with E-state index >= 15 is 0 Å². The van der Waals surface area contributed by atoms with Crippen LogP contribution >= 0.6 is 0 Å². The number of hydrogen-bond acceptors (Lipinski definition) is 7. The number of pyridine rings is 1. The third-order valence-corrected chi connectivity index (χ3v) is 4.92. The van der Waals surface area contributed by atoms with Gasteiger partial charge in [-0.2, -0.15) is 5.10 Å². The van der Waals surface area contributed by atoms with E-state index in [-0.39, 0.29) is 5.69 Å². The van der Waals surface area contributed by atoms with Crippen molar-refractivity contribution in [1.82, 2.24) is 35.1 Å². The summed E-state index contributed by atoms with van der Waals surface area (Å²) in [5, 5.41) is 24.6. The van der Waals surface area contributed by atoms with Crippen molar-refractivity contribution >= 4 is 11.9 Å². The molecule has 0 spiro atoms. The monoisotopic (exact) mass is 461 g/mol. The van der Waals surface area contributed by atoms with Crippen LogP contribution in [0.2, 0.25) is 0 Å². The van der Waals surface area contributed by atoms with Crippen molar-refractivity contribution < 1.29 is 19.4 Å². The number of carboxylic acid groups (broad SMARTS) is 1. The summed E-state index contributed by atoms with van der Waals surface area (Å²) in [5.41, 5.74) is 2.87. The van der Waals surface area contributed by atoms with Gasteiger partial charge in [0.25, 0.3) is 5.91 Å².